The highest BCUT2D eigenvalue weighted by atomic mass is 32.2. The van der Waals surface area contributed by atoms with Crippen molar-refractivity contribution in [2.24, 2.45) is 5.73 Å². The van der Waals surface area contributed by atoms with Gasteiger partial charge in [-0.1, -0.05) is 35.5 Å². The topological polar surface area (TPSA) is 64.9 Å². The Kier molecular flexibility index (Phi) is 4.78. The molecule has 0 saturated heterocycles. The SMILES string of the molecule is CSCC[C@@H](N)c1nc(Cc2ccccc2)no1. The molecule has 1 aromatic carbocycles. The number of benzene rings is 1. The van der Waals surface area contributed by atoms with Crippen LogP contribution in [0.25, 0.3) is 0 Å². The van der Waals surface area contributed by atoms with Crippen molar-refractivity contribution >= 4 is 11.8 Å². The average molecular weight is 263 g/mol. The lowest BCUT2D eigenvalue weighted by atomic mass is 10.1. The van der Waals surface area contributed by atoms with Crippen molar-refractivity contribution in [1.29, 1.82) is 0 Å². The van der Waals surface area contributed by atoms with E-state index in [0.29, 0.717) is 18.1 Å². The van der Waals surface area contributed by atoms with E-state index in [4.69, 9.17) is 10.3 Å². The number of rotatable bonds is 6. The van der Waals surface area contributed by atoms with Crippen LogP contribution in [0.2, 0.25) is 0 Å². The molecule has 18 heavy (non-hydrogen) atoms. The Labute approximate surface area is 111 Å². The van der Waals surface area contributed by atoms with E-state index in [1.807, 2.05) is 30.3 Å². The maximum atomic E-state index is 5.98. The van der Waals surface area contributed by atoms with Crippen molar-refractivity contribution < 1.29 is 4.52 Å². The second-order valence-corrected chi connectivity index (χ2v) is 5.08. The number of thioether (sulfide) groups is 1. The molecule has 0 aliphatic rings. The number of nitrogens with zero attached hydrogens (tertiary/aromatic N) is 2. The zero-order valence-corrected chi connectivity index (χ0v) is 11.2. The lowest BCUT2D eigenvalue weighted by molar-refractivity contribution is 0.349. The summed E-state index contributed by atoms with van der Waals surface area (Å²) in [7, 11) is 0. The Morgan fingerprint density at radius 3 is 2.83 bits per heavy atom. The van der Waals surface area contributed by atoms with Gasteiger partial charge in [-0.05, 0) is 24.0 Å². The normalized spacial score (nSPS) is 12.6. The van der Waals surface area contributed by atoms with E-state index >= 15 is 0 Å². The summed E-state index contributed by atoms with van der Waals surface area (Å²) in [6.45, 7) is 0. The third kappa shape index (κ3) is 3.58. The summed E-state index contributed by atoms with van der Waals surface area (Å²) in [5.74, 6) is 2.23. The van der Waals surface area contributed by atoms with Crippen LogP contribution < -0.4 is 5.73 Å². The molecule has 0 spiro atoms. The van der Waals surface area contributed by atoms with Crippen molar-refractivity contribution in [2.75, 3.05) is 12.0 Å². The van der Waals surface area contributed by atoms with Crippen LogP contribution in [-0.4, -0.2) is 22.1 Å². The average Bonchev–Trinajstić information content (AvgIpc) is 2.86. The van der Waals surface area contributed by atoms with Gasteiger partial charge in [-0.3, -0.25) is 0 Å². The highest BCUT2D eigenvalue weighted by Crippen LogP contribution is 2.15. The molecule has 5 heteroatoms. The van der Waals surface area contributed by atoms with Crippen molar-refractivity contribution in [3.05, 3.63) is 47.6 Å². The minimum absolute atomic E-state index is 0.158. The Hall–Kier alpha value is -1.33. The van der Waals surface area contributed by atoms with Gasteiger partial charge in [0, 0.05) is 6.42 Å². The minimum Gasteiger partial charge on any atom is -0.338 e. The van der Waals surface area contributed by atoms with Gasteiger partial charge in [0.05, 0.1) is 6.04 Å². The Morgan fingerprint density at radius 2 is 2.11 bits per heavy atom. The monoisotopic (exact) mass is 263 g/mol. The van der Waals surface area contributed by atoms with Gasteiger partial charge >= 0.3 is 0 Å². The number of aromatic nitrogens is 2. The molecule has 2 rings (SSSR count). The zero-order chi connectivity index (χ0) is 12.8. The van der Waals surface area contributed by atoms with Gasteiger partial charge in [0.1, 0.15) is 0 Å². The van der Waals surface area contributed by atoms with Gasteiger partial charge in [0.2, 0.25) is 5.89 Å². The zero-order valence-electron chi connectivity index (χ0n) is 10.4. The molecular weight excluding hydrogens is 246 g/mol. The van der Waals surface area contributed by atoms with E-state index < -0.39 is 0 Å². The molecule has 0 aliphatic heterocycles. The first-order valence-corrected chi connectivity index (χ1v) is 7.30. The molecule has 0 unspecified atom stereocenters. The third-order valence-corrected chi connectivity index (χ3v) is 3.28. The fraction of sp³-hybridized carbons (Fsp3) is 0.385. The van der Waals surface area contributed by atoms with Crippen molar-refractivity contribution in [2.45, 2.75) is 18.9 Å². The van der Waals surface area contributed by atoms with Gasteiger partial charge in [0.25, 0.3) is 0 Å². The first kappa shape index (κ1) is 13.1. The van der Waals surface area contributed by atoms with Gasteiger partial charge in [-0.15, -0.1) is 0 Å². The summed E-state index contributed by atoms with van der Waals surface area (Å²) in [5, 5.41) is 3.97. The molecule has 2 N–H and O–H groups in total. The number of nitrogens with two attached hydrogens (primary N) is 1. The predicted octanol–water partition coefficient (Wildman–Crippen LogP) is 2.41. The Morgan fingerprint density at radius 1 is 1.33 bits per heavy atom. The van der Waals surface area contributed by atoms with Crippen molar-refractivity contribution in [1.82, 2.24) is 10.1 Å². The fourth-order valence-electron chi connectivity index (χ4n) is 1.64. The molecule has 0 radical (unpaired) electrons. The van der Waals surface area contributed by atoms with Crippen LogP contribution in [0.4, 0.5) is 0 Å². The van der Waals surface area contributed by atoms with Crippen LogP contribution in [0.3, 0.4) is 0 Å². The molecule has 0 aliphatic carbocycles. The third-order valence-electron chi connectivity index (χ3n) is 2.64. The summed E-state index contributed by atoms with van der Waals surface area (Å²) in [5.41, 5.74) is 7.15. The molecule has 0 saturated carbocycles. The summed E-state index contributed by atoms with van der Waals surface area (Å²) in [6, 6.07) is 9.92. The van der Waals surface area contributed by atoms with Gasteiger partial charge < -0.3 is 10.3 Å². The summed E-state index contributed by atoms with van der Waals surface area (Å²) < 4.78 is 5.20. The second kappa shape index (κ2) is 6.56. The van der Waals surface area contributed by atoms with E-state index in [0.717, 1.165) is 12.2 Å². The maximum absolute atomic E-state index is 5.98. The number of hydrogen-bond donors (Lipinski definition) is 1. The number of hydrogen-bond acceptors (Lipinski definition) is 5. The molecular formula is C13H17N3OS. The van der Waals surface area contributed by atoms with Crippen molar-refractivity contribution in [3.63, 3.8) is 0 Å². The molecule has 96 valence electrons. The van der Waals surface area contributed by atoms with Crippen LogP contribution in [0.5, 0.6) is 0 Å². The smallest absolute Gasteiger partial charge is 0.243 e. The van der Waals surface area contributed by atoms with E-state index in [9.17, 15) is 0 Å². The fourth-order valence-corrected chi connectivity index (χ4v) is 2.13. The quantitative estimate of drug-likeness (QED) is 0.867. The molecule has 0 fully saturated rings. The molecule has 1 atom stereocenters. The van der Waals surface area contributed by atoms with E-state index in [2.05, 4.69) is 16.4 Å². The Bertz CT molecular complexity index is 472. The second-order valence-electron chi connectivity index (χ2n) is 4.10. The van der Waals surface area contributed by atoms with E-state index in [-0.39, 0.29) is 6.04 Å². The van der Waals surface area contributed by atoms with Gasteiger partial charge in [0.15, 0.2) is 5.82 Å². The molecule has 4 nitrogen and oxygen atoms in total. The standard InChI is InChI=1S/C13H17N3OS/c1-18-8-7-11(14)13-15-12(16-17-13)9-10-5-3-2-4-6-10/h2-6,11H,7-9,14H2,1H3/t11-/m1/s1. The van der Waals surface area contributed by atoms with Crippen LogP contribution in [0.15, 0.2) is 34.9 Å². The van der Waals surface area contributed by atoms with E-state index in [1.54, 1.807) is 11.8 Å². The summed E-state index contributed by atoms with van der Waals surface area (Å²) >= 11 is 1.76. The molecule has 1 aromatic heterocycles. The highest BCUT2D eigenvalue weighted by Gasteiger charge is 2.14. The molecule has 0 bridgehead atoms. The maximum Gasteiger partial charge on any atom is 0.243 e. The van der Waals surface area contributed by atoms with E-state index in [1.165, 1.54) is 5.56 Å². The van der Waals surface area contributed by atoms with Crippen LogP contribution >= 0.6 is 11.8 Å². The molecule has 2 aromatic rings. The lowest BCUT2D eigenvalue weighted by Gasteiger charge is -2.03. The first-order chi connectivity index (χ1) is 8.79. The van der Waals surface area contributed by atoms with Crippen molar-refractivity contribution in [3.8, 4) is 0 Å². The summed E-state index contributed by atoms with van der Waals surface area (Å²) in [4.78, 5) is 4.35. The first-order valence-electron chi connectivity index (χ1n) is 5.90. The van der Waals surface area contributed by atoms with Crippen LogP contribution in [-0.2, 0) is 6.42 Å². The molecule has 1 heterocycles. The minimum atomic E-state index is -0.158. The van der Waals surface area contributed by atoms with Gasteiger partial charge in [-0.25, -0.2) is 0 Å². The van der Waals surface area contributed by atoms with Crippen LogP contribution in [0.1, 0.15) is 29.7 Å². The summed E-state index contributed by atoms with van der Waals surface area (Å²) in [6.07, 6.45) is 3.59. The van der Waals surface area contributed by atoms with Gasteiger partial charge in [-0.2, -0.15) is 16.7 Å². The molecule has 0 amide bonds. The Balaban J connectivity index is 1.98. The van der Waals surface area contributed by atoms with Crippen LogP contribution in [0, 0.1) is 0 Å². The highest BCUT2D eigenvalue weighted by molar-refractivity contribution is 7.98. The lowest BCUT2D eigenvalue weighted by Crippen LogP contribution is -2.11. The largest absolute Gasteiger partial charge is 0.338 e. The predicted molar refractivity (Wildman–Crippen MR) is 73.5 cm³/mol.